The number of benzene rings is 1. The van der Waals surface area contributed by atoms with E-state index in [0.717, 1.165) is 18.6 Å². The van der Waals surface area contributed by atoms with Crippen molar-refractivity contribution in [3.8, 4) is 5.75 Å². The number of hydrogen-bond acceptors (Lipinski definition) is 5. The van der Waals surface area contributed by atoms with Gasteiger partial charge in [0.05, 0.1) is 11.5 Å². The van der Waals surface area contributed by atoms with Crippen molar-refractivity contribution in [1.82, 2.24) is 5.32 Å². The molecule has 7 heteroatoms. The fourth-order valence-electron chi connectivity index (χ4n) is 2.17. The summed E-state index contributed by atoms with van der Waals surface area (Å²) in [5.41, 5.74) is -0.224. The predicted octanol–water partition coefficient (Wildman–Crippen LogP) is 1.46. The van der Waals surface area contributed by atoms with Gasteiger partial charge < -0.3 is 15.2 Å². The van der Waals surface area contributed by atoms with E-state index in [1.54, 1.807) is 0 Å². The maximum Gasteiger partial charge on any atom is 0.310 e. The molecule has 1 saturated heterocycles. The molecule has 0 bridgehead atoms. The number of carbonyl (C=O) groups excluding carboxylic acids is 1. The summed E-state index contributed by atoms with van der Waals surface area (Å²) < 4.78 is 5.26. The molecular formula is C13H16N2O5. The van der Waals surface area contributed by atoms with Gasteiger partial charge in [-0.15, -0.1) is 0 Å². The number of nitrogens with one attached hydrogen (secondary N) is 1. The van der Waals surface area contributed by atoms with Crippen LogP contribution in [0.1, 0.15) is 23.7 Å². The molecule has 0 aliphatic carbocycles. The molecule has 2 rings (SSSR count). The highest BCUT2D eigenvalue weighted by Gasteiger charge is 2.24. The fraction of sp³-hybridized carbons (Fsp3) is 0.462. The number of carbonyl (C=O) groups is 1. The van der Waals surface area contributed by atoms with Crippen molar-refractivity contribution in [3.63, 3.8) is 0 Å². The summed E-state index contributed by atoms with van der Waals surface area (Å²) in [4.78, 5) is 21.9. The van der Waals surface area contributed by atoms with Crippen LogP contribution in [0.15, 0.2) is 18.2 Å². The summed E-state index contributed by atoms with van der Waals surface area (Å²) in [6.45, 7) is 3.21. The number of aromatic hydroxyl groups is 1. The first-order chi connectivity index (χ1) is 9.49. The molecule has 0 aromatic heterocycles. The van der Waals surface area contributed by atoms with E-state index in [-0.39, 0.29) is 23.4 Å². The Morgan fingerprint density at radius 2 is 2.35 bits per heavy atom. The van der Waals surface area contributed by atoms with Gasteiger partial charge in [-0.3, -0.25) is 14.9 Å². The van der Waals surface area contributed by atoms with Gasteiger partial charge in [-0.25, -0.2) is 0 Å². The van der Waals surface area contributed by atoms with Gasteiger partial charge in [0.2, 0.25) is 0 Å². The molecule has 1 aromatic rings. The van der Waals surface area contributed by atoms with Crippen LogP contribution in [-0.2, 0) is 4.74 Å². The minimum Gasteiger partial charge on any atom is -0.502 e. The van der Waals surface area contributed by atoms with E-state index in [9.17, 15) is 20.0 Å². The third kappa shape index (κ3) is 3.05. The molecule has 2 N–H and O–H groups in total. The number of nitro groups is 1. The van der Waals surface area contributed by atoms with Crippen molar-refractivity contribution in [2.75, 3.05) is 13.2 Å². The molecule has 1 heterocycles. The normalized spacial score (nSPS) is 19.6. The third-order valence-electron chi connectivity index (χ3n) is 3.47. The van der Waals surface area contributed by atoms with Crippen LogP contribution < -0.4 is 5.32 Å². The Morgan fingerprint density at radius 3 is 2.90 bits per heavy atom. The first-order valence-corrected chi connectivity index (χ1v) is 6.35. The Bertz CT molecular complexity index is 525. The van der Waals surface area contributed by atoms with E-state index in [2.05, 4.69) is 5.32 Å². The average molecular weight is 280 g/mol. The van der Waals surface area contributed by atoms with Crippen molar-refractivity contribution in [3.05, 3.63) is 33.9 Å². The molecule has 2 atom stereocenters. The summed E-state index contributed by atoms with van der Waals surface area (Å²) >= 11 is 0. The fourth-order valence-corrected chi connectivity index (χ4v) is 2.17. The van der Waals surface area contributed by atoms with E-state index in [4.69, 9.17) is 4.74 Å². The minimum atomic E-state index is -0.699. The molecule has 0 radical (unpaired) electrons. The van der Waals surface area contributed by atoms with Crippen molar-refractivity contribution >= 4 is 11.6 Å². The summed E-state index contributed by atoms with van der Waals surface area (Å²) in [6.07, 6.45) is 0.896. The Balaban J connectivity index is 2.05. The maximum atomic E-state index is 12.0. The number of phenolic OH excluding ortho intramolecular Hbond substituents is 1. The van der Waals surface area contributed by atoms with E-state index in [0.29, 0.717) is 13.2 Å². The molecule has 0 spiro atoms. The predicted molar refractivity (Wildman–Crippen MR) is 70.6 cm³/mol. The lowest BCUT2D eigenvalue weighted by atomic mass is 10.0. The number of nitro benzene ring substituents is 1. The minimum absolute atomic E-state index is 0.0534. The number of rotatable bonds is 4. The van der Waals surface area contributed by atoms with Crippen molar-refractivity contribution in [2.24, 2.45) is 5.92 Å². The van der Waals surface area contributed by atoms with Crippen LogP contribution in [0.3, 0.4) is 0 Å². The van der Waals surface area contributed by atoms with E-state index in [1.165, 1.54) is 6.07 Å². The summed E-state index contributed by atoms with van der Waals surface area (Å²) in [5, 5.41) is 22.9. The number of amides is 1. The van der Waals surface area contributed by atoms with Gasteiger partial charge in [0.15, 0.2) is 5.75 Å². The van der Waals surface area contributed by atoms with Crippen molar-refractivity contribution in [2.45, 2.75) is 19.4 Å². The lowest BCUT2D eigenvalue weighted by Gasteiger charge is -2.19. The zero-order valence-corrected chi connectivity index (χ0v) is 11.0. The van der Waals surface area contributed by atoms with Gasteiger partial charge >= 0.3 is 5.69 Å². The molecule has 1 fully saturated rings. The first kappa shape index (κ1) is 14.3. The topological polar surface area (TPSA) is 102 Å². The van der Waals surface area contributed by atoms with Gasteiger partial charge in [-0.2, -0.15) is 0 Å². The quantitative estimate of drug-likeness (QED) is 0.642. The summed E-state index contributed by atoms with van der Waals surface area (Å²) in [7, 11) is 0. The molecule has 0 unspecified atom stereocenters. The highest BCUT2D eigenvalue weighted by Crippen LogP contribution is 2.26. The van der Waals surface area contributed by atoms with Gasteiger partial charge in [0, 0.05) is 30.2 Å². The molecule has 108 valence electrons. The smallest absolute Gasteiger partial charge is 0.310 e. The van der Waals surface area contributed by atoms with Crippen LogP contribution in [-0.4, -0.2) is 35.2 Å². The Kier molecular flexibility index (Phi) is 4.19. The van der Waals surface area contributed by atoms with E-state index >= 15 is 0 Å². The molecule has 7 nitrogen and oxygen atoms in total. The average Bonchev–Trinajstić information content (AvgIpc) is 2.91. The number of hydrogen-bond donors (Lipinski definition) is 2. The second-order valence-corrected chi connectivity index (χ2v) is 4.85. The lowest BCUT2D eigenvalue weighted by Crippen LogP contribution is -2.38. The molecule has 1 aliphatic rings. The van der Waals surface area contributed by atoms with Gasteiger partial charge in [-0.05, 0) is 25.5 Å². The summed E-state index contributed by atoms with van der Waals surface area (Å²) in [5.74, 6) is -0.611. The number of ether oxygens (including phenoxy) is 1. The molecular weight excluding hydrogens is 264 g/mol. The van der Waals surface area contributed by atoms with E-state index in [1.807, 2.05) is 6.92 Å². The third-order valence-corrected chi connectivity index (χ3v) is 3.47. The second kappa shape index (κ2) is 5.87. The van der Waals surface area contributed by atoms with Crippen molar-refractivity contribution in [1.29, 1.82) is 0 Å². The zero-order valence-electron chi connectivity index (χ0n) is 11.0. The lowest BCUT2D eigenvalue weighted by molar-refractivity contribution is -0.385. The van der Waals surface area contributed by atoms with Crippen LogP contribution in [0.2, 0.25) is 0 Å². The number of phenols is 1. The highest BCUT2D eigenvalue weighted by atomic mass is 16.6. The largest absolute Gasteiger partial charge is 0.502 e. The first-order valence-electron chi connectivity index (χ1n) is 6.35. The van der Waals surface area contributed by atoms with Gasteiger partial charge in [-0.1, -0.05) is 0 Å². The molecule has 1 amide bonds. The van der Waals surface area contributed by atoms with Crippen LogP contribution in [0.25, 0.3) is 0 Å². The zero-order chi connectivity index (χ0) is 14.7. The monoisotopic (exact) mass is 280 g/mol. The summed E-state index contributed by atoms with van der Waals surface area (Å²) in [6, 6.07) is 3.49. The molecule has 1 aliphatic heterocycles. The molecule has 1 aromatic carbocycles. The molecule has 0 saturated carbocycles. The Hall–Kier alpha value is -2.15. The van der Waals surface area contributed by atoms with Gasteiger partial charge in [0.1, 0.15) is 0 Å². The van der Waals surface area contributed by atoms with Crippen LogP contribution in [0, 0.1) is 16.0 Å². The standard InChI is InChI=1S/C13H16N2O5/c1-8(10-4-5-20-7-10)14-13(17)9-2-3-11(15(18)19)12(16)6-9/h2-3,6,8,10,16H,4-5,7H2,1H3,(H,14,17)/t8-,10-/m1/s1. The maximum absolute atomic E-state index is 12.0. The van der Waals surface area contributed by atoms with Crippen LogP contribution >= 0.6 is 0 Å². The molecule has 20 heavy (non-hydrogen) atoms. The van der Waals surface area contributed by atoms with Crippen LogP contribution in [0.4, 0.5) is 5.69 Å². The second-order valence-electron chi connectivity index (χ2n) is 4.85. The van der Waals surface area contributed by atoms with Gasteiger partial charge in [0.25, 0.3) is 5.91 Å². The SMILES string of the molecule is C[C@@H](NC(=O)c1ccc([N+](=O)[O-])c(O)c1)[C@@H]1CCOC1. The Labute approximate surface area is 115 Å². The number of nitrogens with zero attached hydrogens (tertiary/aromatic N) is 1. The Morgan fingerprint density at radius 1 is 1.60 bits per heavy atom. The van der Waals surface area contributed by atoms with Crippen LogP contribution in [0.5, 0.6) is 5.75 Å². The van der Waals surface area contributed by atoms with Crippen molar-refractivity contribution < 1.29 is 19.6 Å². The van der Waals surface area contributed by atoms with E-state index < -0.39 is 16.4 Å². The highest BCUT2D eigenvalue weighted by molar-refractivity contribution is 5.95.